The Morgan fingerprint density at radius 2 is 1.18 bits per heavy atom. The molecule has 0 aliphatic heterocycles. The van der Waals surface area contributed by atoms with Gasteiger partial charge in [-0.1, -0.05) is 123 Å². The van der Waals surface area contributed by atoms with Gasteiger partial charge in [0.1, 0.15) is 11.2 Å². The van der Waals surface area contributed by atoms with E-state index < -0.39 is 0 Å². The molecule has 2 nitrogen and oxygen atoms in total. The number of nitrogens with zero attached hydrogens (tertiary/aromatic N) is 1. The molecule has 1 aliphatic rings. The van der Waals surface area contributed by atoms with Gasteiger partial charge in [0, 0.05) is 39.0 Å². The second kappa shape index (κ2) is 9.70. The molecule has 2 heteroatoms. The fraction of sp³-hybridized carbons (Fsp3) is 0.0698. The summed E-state index contributed by atoms with van der Waals surface area (Å²) >= 11 is 0. The highest BCUT2D eigenvalue weighted by Crippen LogP contribution is 2.54. The molecule has 0 unspecified atom stereocenters. The third-order valence-electron chi connectivity index (χ3n) is 9.65. The monoisotopic (exact) mass is 577 g/mol. The first kappa shape index (κ1) is 25.9. The fourth-order valence-electron chi connectivity index (χ4n) is 7.47. The van der Waals surface area contributed by atoms with Crippen LogP contribution in [-0.4, -0.2) is 0 Å². The fourth-order valence-corrected chi connectivity index (χ4v) is 7.47. The standard InChI is InChI=1S/C43H31NO/c1-43(2)37-25-23-30(26-36(37)42-33(18-11-19-38(42)43)29-12-4-3-5-13-29)44(39-20-10-15-28-14-6-7-16-32(28)39)31-22-24-35-34-17-8-9-21-40(34)45-41(35)27-31/h3-27H,1-2H3. The van der Waals surface area contributed by atoms with E-state index in [0.717, 1.165) is 39.0 Å². The minimum atomic E-state index is -0.106. The molecule has 0 bridgehead atoms. The summed E-state index contributed by atoms with van der Waals surface area (Å²) in [5, 5.41) is 4.68. The molecule has 45 heavy (non-hydrogen) atoms. The van der Waals surface area contributed by atoms with Crippen molar-refractivity contribution in [2.45, 2.75) is 19.3 Å². The molecule has 8 aromatic rings. The maximum Gasteiger partial charge on any atom is 0.137 e. The van der Waals surface area contributed by atoms with Gasteiger partial charge in [0.2, 0.25) is 0 Å². The smallest absolute Gasteiger partial charge is 0.137 e. The van der Waals surface area contributed by atoms with E-state index in [4.69, 9.17) is 4.42 Å². The Bertz CT molecular complexity index is 2410. The van der Waals surface area contributed by atoms with Crippen LogP contribution in [0.2, 0.25) is 0 Å². The SMILES string of the molecule is CC1(C)c2ccc(N(c3ccc4c(c3)oc3ccccc34)c3cccc4ccccc34)cc2-c2c(-c3ccccc3)cccc21. The van der Waals surface area contributed by atoms with Crippen LogP contribution in [0.5, 0.6) is 0 Å². The van der Waals surface area contributed by atoms with Crippen LogP contribution < -0.4 is 4.90 Å². The van der Waals surface area contributed by atoms with Gasteiger partial charge in [-0.2, -0.15) is 0 Å². The number of furan rings is 1. The van der Waals surface area contributed by atoms with Crippen molar-refractivity contribution < 1.29 is 4.42 Å². The van der Waals surface area contributed by atoms with Gasteiger partial charge in [-0.05, 0) is 75.2 Å². The quantitative estimate of drug-likeness (QED) is 0.207. The van der Waals surface area contributed by atoms with Crippen molar-refractivity contribution in [1.82, 2.24) is 0 Å². The summed E-state index contributed by atoms with van der Waals surface area (Å²) in [4.78, 5) is 2.39. The second-order valence-corrected chi connectivity index (χ2v) is 12.6. The van der Waals surface area contributed by atoms with Gasteiger partial charge in [-0.15, -0.1) is 0 Å². The topological polar surface area (TPSA) is 16.4 Å². The second-order valence-electron chi connectivity index (χ2n) is 12.6. The van der Waals surface area contributed by atoms with Gasteiger partial charge in [-0.25, -0.2) is 0 Å². The van der Waals surface area contributed by atoms with Crippen LogP contribution in [0, 0.1) is 0 Å². The average Bonchev–Trinajstić information content (AvgIpc) is 3.57. The number of anilines is 3. The number of hydrogen-bond donors (Lipinski definition) is 0. The Kier molecular flexibility index (Phi) is 5.58. The summed E-state index contributed by atoms with van der Waals surface area (Å²) in [5.41, 5.74) is 12.9. The summed E-state index contributed by atoms with van der Waals surface area (Å²) in [6.07, 6.45) is 0. The first-order valence-corrected chi connectivity index (χ1v) is 15.6. The van der Waals surface area contributed by atoms with Gasteiger partial charge in [0.05, 0.1) is 5.69 Å². The Morgan fingerprint density at radius 1 is 0.489 bits per heavy atom. The zero-order valence-corrected chi connectivity index (χ0v) is 25.3. The van der Waals surface area contributed by atoms with E-state index >= 15 is 0 Å². The molecule has 1 aliphatic carbocycles. The molecule has 1 aromatic heterocycles. The van der Waals surface area contributed by atoms with Crippen LogP contribution in [0.1, 0.15) is 25.0 Å². The third-order valence-corrected chi connectivity index (χ3v) is 9.65. The lowest BCUT2D eigenvalue weighted by molar-refractivity contribution is 0.660. The van der Waals surface area contributed by atoms with E-state index in [9.17, 15) is 0 Å². The minimum absolute atomic E-state index is 0.106. The summed E-state index contributed by atoms with van der Waals surface area (Å²) in [6.45, 7) is 4.70. The first-order valence-electron chi connectivity index (χ1n) is 15.6. The Balaban J connectivity index is 1.31. The number of benzene rings is 7. The van der Waals surface area contributed by atoms with Crippen molar-refractivity contribution in [3.8, 4) is 22.3 Å². The van der Waals surface area contributed by atoms with Crippen LogP contribution in [0.3, 0.4) is 0 Å². The molecular weight excluding hydrogens is 546 g/mol. The molecule has 0 amide bonds. The molecule has 0 spiro atoms. The lowest BCUT2D eigenvalue weighted by atomic mass is 9.82. The summed E-state index contributed by atoms with van der Waals surface area (Å²) in [5.74, 6) is 0. The summed E-state index contributed by atoms with van der Waals surface area (Å²) < 4.78 is 6.39. The zero-order chi connectivity index (χ0) is 30.1. The van der Waals surface area contributed by atoms with Crippen molar-refractivity contribution in [2.75, 3.05) is 4.90 Å². The largest absolute Gasteiger partial charge is 0.456 e. The highest BCUT2D eigenvalue weighted by Gasteiger charge is 2.37. The number of hydrogen-bond acceptors (Lipinski definition) is 2. The van der Waals surface area contributed by atoms with Crippen molar-refractivity contribution >= 4 is 49.8 Å². The first-order chi connectivity index (χ1) is 22.1. The van der Waals surface area contributed by atoms with E-state index in [2.05, 4.69) is 158 Å². The van der Waals surface area contributed by atoms with Crippen molar-refractivity contribution in [1.29, 1.82) is 0 Å². The van der Waals surface area contributed by atoms with E-state index in [1.165, 1.54) is 44.2 Å². The Labute approximate surface area is 262 Å². The number of fused-ring (bicyclic) bond motifs is 7. The molecule has 7 aromatic carbocycles. The molecule has 0 radical (unpaired) electrons. The van der Waals surface area contributed by atoms with Crippen molar-refractivity contribution in [3.05, 3.63) is 163 Å². The normalized spacial score (nSPS) is 13.3. The van der Waals surface area contributed by atoms with E-state index in [-0.39, 0.29) is 5.41 Å². The van der Waals surface area contributed by atoms with Gasteiger partial charge in [-0.3, -0.25) is 0 Å². The van der Waals surface area contributed by atoms with Gasteiger partial charge in [0.15, 0.2) is 0 Å². The molecule has 0 saturated heterocycles. The maximum atomic E-state index is 6.39. The van der Waals surface area contributed by atoms with Crippen molar-refractivity contribution in [2.24, 2.45) is 0 Å². The lowest BCUT2D eigenvalue weighted by Crippen LogP contribution is -2.15. The summed E-state index contributed by atoms with van der Waals surface area (Å²) in [7, 11) is 0. The molecule has 0 fully saturated rings. The Hall–Kier alpha value is -5.60. The Morgan fingerprint density at radius 3 is 2.07 bits per heavy atom. The third kappa shape index (κ3) is 3.89. The highest BCUT2D eigenvalue weighted by atomic mass is 16.3. The predicted octanol–water partition coefficient (Wildman–Crippen LogP) is 12.2. The molecular formula is C43H31NO. The van der Waals surface area contributed by atoms with Crippen LogP contribution in [0.4, 0.5) is 17.1 Å². The molecule has 0 saturated carbocycles. The number of rotatable bonds is 4. The van der Waals surface area contributed by atoms with Crippen LogP contribution in [0.15, 0.2) is 156 Å². The van der Waals surface area contributed by atoms with Gasteiger partial charge in [0.25, 0.3) is 0 Å². The molecule has 214 valence electrons. The average molecular weight is 578 g/mol. The van der Waals surface area contributed by atoms with E-state index in [1.54, 1.807) is 0 Å². The van der Waals surface area contributed by atoms with Crippen LogP contribution in [-0.2, 0) is 5.41 Å². The lowest BCUT2D eigenvalue weighted by Gasteiger charge is -2.28. The predicted molar refractivity (Wildman–Crippen MR) is 189 cm³/mol. The number of para-hydroxylation sites is 1. The van der Waals surface area contributed by atoms with E-state index in [1.807, 2.05) is 12.1 Å². The molecule has 1 heterocycles. The summed E-state index contributed by atoms with van der Waals surface area (Å²) in [6, 6.07) is 54.7. The van der Waals surface area contributed by atoms with Gasteiger partial charge >= 0.3 is 0 Å². The zero-order valence-electron chi connectivity index (χ0n) is 25.3. The minimum Gasteiger partial charge on any atom is -0.456 e. The van der Waals surface area contributed by atoms with Crippen LogP contribution in [0.25, 0.3) is 55.0 Å². The molecule has 0 atom stereocenters. The molecule has 9 rings (SSSR count). The van der Waals surface area contributed by atoms with Gasteiger partial charge < -0.3 is 9.32 Å². The molecule has 0 N–H and O–H groups in total. The maximum absolute atomic E-state index is 6.39. The highest BCUT2D eigenvalue weighted by molar-refractivity contribution is 6.07. The van der Waals surface area contributed by atoms with Crippen LogP contribution >= 0.6 is 0 Å². The van der Waals surface area contributed by atoms with Crippen molar-refractivity contribution in [3.63, 3.8) is 0 Å². The van der Waals surface area contributed by atoms with E-state index in [0.29, 0.717) is 0 Å².